The maximum atomic E-state index is 13.6. The Morgan fingerprint density at radius 3 is 2.54 bits per heavy atom. The molecule has 3 amide bonds. The van der Waals surface area contributed by atoms with Crippen LogP contribution in [0.15, 0.2) is 48.5 Å². The fraction of sp³-hybridized carbons (Fsp3) is 0.333. The van der Waals surface area contributed by atoms with Gasteiger partial charge >= 0.3 is 6.03 Å². The molecule has 1 aliphatic heterocycles. The van der Waals surface area contributed by atoms with Crippen LogP contribution in [0.5, 0.6) is 0 Å². The Kier molecular flexibility index (Phi) is 5.76. The van der Waals surface area contributed by atoms with Crippen LogP contribution in [0.3, 0.4) is 0 Å². The minimum atomic E-state index is -1.18. The second-order valence-electron chi connectivity index (χ2n) is 7.10. The number of aliphatic hydroxyl groups is 1. The molecular weight excluding hydrogens is 363 g/mol. The lowest BCUT2D eigenvalue weighted by Crippen LogP contribution is -2.42. The Morgan fingerprint density at radius 2 is 1.86 bits per heavy atom. The van der Waals surface area contributed by atoms with Gasteiger partial charge in [0.15, 0.2) is 0 Å². The lowest BCUT2D eigenvalue weighted by Gasteiger charge is -2.23. The van der Waals surface area contributed by atoms with Crippen molar-refractivity contribution in [2.24, 2.45) is 0 Å². The zero-order valence-corrected chi connectivity index (χ0v) is 15.8. The third-order valence-corrected chi connectivity index (χ3v) is 4.82. The third kappa shape index (κ3) is 4.05. The number of imide groups is 1. The lowest BCUT2D eigenvalue weighted by molar-refractivity contribution is -0.132. The van der Waals surface area contributed by atoms with Crippen molar-refractivity contribution < 1.29 is 23.8 Å². The summed E-state index contributed by atoms with van der Waals surface area (Å²) in [5.41, 5.74) is 0.905. The van der Waals surface area contributed by atoms with Crippen LogP contribution in [0.2, 0.25) is 0 Å². The summed E-state index contributed by atoms with van der Waals surface area (Å²) >= 11 is 0. The summed E-state index contributed by atoms with van der Waals surface area (Å²) in [4.78, 5) is 26.1. The maximum absolute atomic E-state index is 13.6. The van der Waals surface area contributed by atoms with Crippen molar-refractivity contribution >= 4 is 11.9 Å². The number of hydrogen-bond acceptors (Lipinski definition) is 4. The van der Waals surface area contributed by atoms with Gasteiger partial charge in [0.2, 0.25) is 0 Å². The molecule has 0 aliphatic carbocycles. The number of carbonyl (C=O) groups is 2. The van der Waals surface area contributed by atoms with E-state index in [-0.39, 0.29) is 25.6 Å². The normalized spacial score (nSPS) is 20.4. The van der Waals surface area contributed by atoms with Crippen molar-refractivity contribution in [1.29, 1.82) is 0 Å². The van der Waals surface area contributed by atoms with E-state index in [0.29, 0.717) is 11.1 Å². The fourth-order valence-corrected chi connectivity index (χ4v) is 3.13. The van der Waals surface area contributed by atoms with Crippen LogP contribution < -0.4 is 5.32 Å². The highest BCUT2D eigenvalue weighted by Gasteiger charge is 2.49. The van der Waals surface area contributed by atoms with Crippen molar-refractivity contribution in [2.45, 2.75) is 32.1 Å². The number of nitrogens with one attached hydrogen (secondary N) is 1. The number of β-amino-alcohol motifs (C(OH)–C–C–N with tert-alkyl or cyclic N) is 1. The number of rotatable bonds is 7. The number of benzene rings is 2. The van der Waals surface area contributed by atoms with Crippen LogP contribution in [0.25, 0.3) is 0 Å². The topological polar surface area (TPSA) is 78.9 Å². The number of carbonyl (C=O) groups excluding carboxylic acids is 2. The van der Waals surface area contributed by atoms with Gasteiger partial charge in [-0.1, -0.05) is 48.0 Å². The number of aryl methyl sites for hydroxylation is 1. The van der Waals surface area contributed by atoms with Crippen LogP contribution in [0.1, 0.15) is 23.6 Å². The SMILES string of the molecule is Cc1ccc([C@]2(C)NC(=O)N(C[C@@H](O)COCc3ccccc3F)C2=O)cc1. The van der Waals surface area contributed by atoms with E-state index in [2.05, 4.69) is 5.32 Å². The largest absolute Gasteiger partial charge is 0.389 e. The average Bonchev–Trinajstić information content (AvgIpc) is 2.88. The van der Waals surface area contributed by atoms with Gasteiger partial charge in [0, 0.05) is 5.56 Å². The molecule has 6 nitrogen and oxygen atoms in total. The Morgan fingerprint density at radius 1 is 1.18 bits per heavy atom. The van der Waals surface area contributed by atoms with E-state index in [1.54, 1.807) is 37.3 Å². The summed E-state index contributed by atoms with van der Waals surface area (Å²) in [7, 11) is 0. The number of urea groups is 1. The minimum Gasteiger partial charge on any atom is -0.389 e. The minimum absolute atomic E-state index is 0.00897. The first kappa shape index (κ1) is 20.0. The van der Waals surface area contributed by atoms with E-state index in [1.807, 2.05) is 19.1 Å². The predicted molar refractivity (Wildman–Crippen MR) is 101 cm³/mol. The molecule has 1 saturated heterocycles. The van der Waals surface area contributed by atoms with Gasteiger partial charge in [-0.3, -0.25) is 9.69 Å². The first-order valence-corrected chi connectivity index (χ1v) is 9.01. The van der Waals surface area contributed by atoms with Crippen molar-refractivity contribution in [3.63, 3.8) is 0 Å². The van der Waals surface area contributed by atoms with Gasteiger partial charge in [0.05, 0.1) is 25.9 Å². The van der Waals surface area contributed by atoms with Gasteiger partial charge < -0.3 is 15.2 Å². The summed E-state index contributed by atoms with van der Waals surface area (Å²) in [5.74, 6) is -0.825. The highest BCUT2D eigenvalue weighted by atomic mass is 19.1. The van der Waals surface area contributed by atoms with Crippen molar-refractivity contribution in [2.75, 3.05) is 13.2 Å². The van der Waals surface area contributed by atoms with Crippen LogP contribution in [0, 0.1) is 12.7 Å². The Hall–Kier alpha value is -2.77. The Labute approximate surface area is 162 Å². The molecule has 1 aliphatic rings. The van der Waals surface area contributed by atoms with Crippen LogP contribution in [-0.2, 0) is 21.7 Å². The number of halogens is 1. The number of ether oxygens (including phenoxy) is 1. The molecule has 148 valence electrons. The quantitative estimate of drug-likeness (QED) is 0.717. The molecule has 0 bridgehead atoms. The van der Waals surface area contributed by atoms with Crippen LogP contribution >= 0.6 is 0 Å². The molecule has 0 aromatic heterocycles. The van der Waals surface area contributed by atoms with Gasteiger partial charge in [-0.25, -0.2) is 9.18 Å². The molecule has 0 unspecified atom stereocenters. The van der Waals surface area contributed by atoms with E-state index in [0.717, 1.165) is 10.5 Å². The van der Waals surface area contributed by atoms with Crippen molar-refractivity contribution in [1.82, 2.24) is 10.2 Å². The van der Waals surface area contributed by atoms with Crippen LogP contribution in [-0.4, -0.2) is 41.2 Å². The predicted octanol–water partition coefficient (Wildman–Crippen LogP) is 2.48. The molecule has 7 heteroatoms. The molecule has 2 aromatic rings. The molecule has 3 rings (SSSR count). The van der Waals surface area contributed by atoms with Gasteiger partial charge in [0.25, 0.3) is 5.91 Å². The number of amides is 3. The monoisotopic (exact) mass is 386 g/mol. The molecule has 0 saturated carbocycles. The number of hydrogen-bond donors (Lipinski definition) is 2. The highest BCUT2D eigenvalue weighted by molar-refractivity contribution is 6.07. The molecule has 1 heterocycles. The fourth-order valence-electron chi connectivity index (χ4n) is 3.13. The van der Waals surface area contributed by atoms with E-state index in [4.69, 9.17) is 4.74 Å². The Balaban J connectivity index is 1.59. The maximum Gasteiger partial charge on any atom is 0.325 e. The average molecular weight is 386 g/mol. The zero-order chi connectivity index (χ0) is 20.3. The molecule has 0 radical (unpaired) electrons. The van der Waals surface area contributed by atoms with Gasteiger partial charge in [0.1, 0.15) is 11.4 Å². The van der Waals surface area contributed by atoms with Crippen molar-refractivity contribution in [3.8, 4) is 0 Å². The lowest BCUT2D eigenvalue weighted by atomic mass is 9.91. The molecule has 2 N–H and O–H groups in total. The summed E-state index contributed by atoms with van der Waals surface area (Å²) in [6.07, 6.45) is -1.08. The summed E-state index contributed by atoms with van der Waals surface area (Å²) in [5, 5.41) is 12.9. The highest BCUT2D eigenvalue weighted by Crippen LogP contribution is 2.29. The Bertz CT molecular complexity index is 871. The van der Waals surface area contributed by atoms with E-state index in [1.165, 1.54) is 6.07 Å². The molecule has 28 heavy (non-hydrogen) atoms. The molecule has 2 aromatic carbocycles. The zero-order valence-electron chi connectivity index (χ0n) is 15.8. The van der Waals surface area contributed by atoms with E-state index < -0.39 is 23.6 Å². The van der Waals surface area contributed by atoms with Crippen molar-refractivity contribution in [3.05, 3.63) is 71.0 Å². The second-order valence-corrected chi connectivity index (χ2v) is 7.10. The molecule has 1 fully saturated rings. The first-order valence-electron chi connectivity index (χ1n) is 9.01. The summed E-state index contributed by atoms with van der Waals surface area (Å²) in [6, 6.07) is 13.0. The number of nitrogens with zero attached hydrogens (tertiary/aromatic N) is 1. The standard InChI is InChI=1S/C21H23FN2O4/c1-14-7-9-16(10-8-14)21(2)19(26)24(20(27)23-21)11-17(25)13-28-12-15-5-3-4-6-18(15)22/h3-10,17,25H,11-13H2,1-2H3,(H,23,27)/t17-,21+/m1/s1. The number of aliphatic hydroxyl groups excluding tert-OH is 1. The first-order chi connectivity index (χ1) is 13.3. The van der Waals surface area contributed by atoms with Gasteiger partial charge in [-0.15, -0.1) is 0 Å². The van der Waals surface area contributed by atoms with E-state index in [9.17, 15) is 19.1 Å². The third-order valence-electron chi connectivity index (χ3n) is 4.82. The smallest absolute Gasteiger partial charge is 0.325 e. The summed E-state index contributed by atoms with van der Waals surface area (Å²) < 4.78 is 18.9. The van der Waals surface area contributed by atoms with E-state index >= 15 is 0 Å². The second kappa shape index (κ2) is 8.08. The molecule has 0 spiro atoms. The molecule has 2 atom stereocenters. The van der Waals surface area contributed by atoms with Gasteiger partial charge in [-0.05, 0) is 25.5 Å². The van der Waals surface area contributed by atoms with Crippen LogP contribution in [0.4, 0.5) is 9.18 Å². The summed E-state index contributed by atoms with van der Waals surface area (Å²) in [6.45, 7) is 3.23. The molecular formula is C21H23FN2O4. The van der Waals surface area contributed by atoms with Gasteiger partial charge in [-0.2, -0.15) is 0 Å².